The van der Waals surface area contributed by atoms with Crippen molar-refractivity contribution in [2.45, 2.75) is 51.6 Å². The third kappa shape index (κ3) is 2.94. The van der Waals surface area contributed by atoms with E-state index in [-0.39, 0.29) is 17.6 Å². The Labute approximate surface area is 150 Å². The fourth-order valence-corrected chi connectivity index (χ4v) is 3.84. The molecule has 1 amide bonds. The number of H-pyrrole nitrogens is 2. The largest absolute Gasteiger partial charge is 0.345 e. The van der Waals surface area contributed by atoms with Gasteiger partial charge >= 0.3 is 5.69 Å². The molecule has 7 nitrogen and oxygen atoms in total. The zero-order chi connectivity index (χ0) is 18.3. The molecule has 0 bridgehead atoms. The van der Waals surface area contributed by atoms with E-state index in [4.69, 9.17) is 0 Å². The summed E-state index contributed by atoms with van der Waals surface area (Å²) >= 11 is 0. The Hall–Kier alpha value is -2.83. The van der Waals surface area contributed by atoms with Gasteiger partial charge in [-0.25, -0.2) is 4.79 Å². The number of aromatic nitrogens is 4. The molecule has 1 atom stereocenters. The summed E-state index contributed by atoms with van der Waals surface area (Å²) in [7, 11) is 0. The second-order valence-corrected chi connectivity index (χ2v) is 7.11. The van der Waals surface area contributed by atoms with Crippen molar-refractivity contribution in [3.05, 3.63) is 51.7 Å². The highest BCUT2D eigenvalue weighted by molar-refractivity contribution is 5.95. The third-order valence-corrected chi connectivity index (χ3v) is 5.35. The highest BCUT2D eigenvalue weighted by atomic mass is 16.2. The number of fused-ring (bicyclic) bond motifs is 1. The summed E-state index contributed by atoms with van der Waals surface area (Å²) < 4.78 is 2.00. The number of nitrogens with one attached hydrogen (secondary N) is 3. The van der Waals surface area contributed by atoms with Crippen LogP contribution < -0.4 is 11.0 Å². The Morgan fingerprint density at radius 1 is 1.27 bits per heavy atom. The Bertz CT molecular complexity index is 1010. The minimum atomic E-state index is -0.233. The zero-order valence-electron chi connectivity index (χ0n) is 15.0. The highest BCUT2D eigenvalue weighted by Gasteiger charge is 2.23. The second-order valence-electron chi connectivity index (χ2n) is 7.11. The molecule has 3 aromatic rings. The SMILES string of the molecule is Cc1c(C(=O)NC(C)c2ccc3[nH]c(=O)[nH]c3c2)cnn1C1CCCC1. The van der Waals surface area contributed by atoms with Crippen LogP contribution in [-0.4, -0.2) is 25.7 Å². The van der Waals surface area contributed by atoms with Crippen LogP contribution in [0.4, 0.5) is 0 Å². The Kier molecular flexibility index (Phi) is 4.14. The normalized spacial score (nSPS) is 16.2. The summed E-state index contributed by atoms with van der Waals surface area (Å²) in [6.45, 7) is 3.89. The number of rotatable bonds is 4. The van der Waals surface area contributed by atoms with Gasteiger partial charge in [0.15, 0.2) is 0 Å². The van der Waals surface area contributed by atoms with E-state index in [2.05, 4.69) is 20.4 Å². The highest BCUT2D eigenvalue weighted by Crippen LogP contribution is 2.30. The van der Waals surface area contributed by atoms with E-state index in [0.29, 0.717) is 11.6 Å². The summed E-state index contributed by atoms with van der Waals surface area (Å²) in [5.41, 5.74) is 3.74. The molecule has 7 heteroatoms. The molecule has 1 fully saturated rings. The van der Waals surface area contributed by atoms with Gasteiger partial charge in [0.05, 0.1) is 34.9 Å². The van der Waals surface area contributed by atoms with Gasteiger partial charge in [-0.05, 0) is 44.4 Å². The van der Waals surface area contributed by atoms with Crippen LogP contribution in [0.5, 0.6) is 0 Å². The van der Waals surface area contributed by atoms with E-state index in [1.807, 2.05) is 36.7 Å². The van der Waals surface area contributed by atoms with Crippen LogP contribution in [0.1, 0.15) is 66.3 Å². The summed E-state index contributed by atoms with van der Waals surface area (Å²) in [6, 6.07) is 5.87. The van der Waals surface area contributed by atoms with E-state index in [0.717, 1.165) is 35.1 Å². The molecule has 1 saturated carbocycles. The van der Waals surface area contributed by atoms with Gasteiger partial charge in [0.2, 0.25) is 0 Å². The quantitative estimate of drug-likeness (QED) is 0.673. The number of aromatic amines is 2. The van der Waals surface area contributed by atoms with E-state index in [1.165, 1.54) is 12.8 Å². The van der Waals surface area contributed by atoms with Crippen molar-refractivity contribution in [2.24, 2.45) is 0 Å². The molecule has 0 saturated heterocycles. The van der Waals surface area contributed by atoms with Gasteiger partial charge in [-0.3, -0.25) is 9.48 Å². The first-order chi connectivity index (χ1) is 12.5. The summed E-state index contributed by atoms with van der Waals surface area (Å²) in [5, 5.41) is 7.49. The molecule has 3 N–H and O–H groups in total. The molecule has 0 radical (unpaired) electrons. The number of benzene rings is 1. The first-order valence-corrected chi connectivity index (χ1v) is 9.10. The van der Waals surface area contributed by atoms with E-state index < -0.39 is 0 Å². The molecule has 1 aliphatic carbocycles. The fraction of sp³-hybridized carbons (Fsp3) is 0.421. The lowest BCUT2D eigenvalue weighted by Crippen LogP contribution is -2.27. The molecule has 4 rings (SSSR count). The first kappa shape index (κ1) is 16.6. The third-order valence-electron chi connectivity index (χ3n) is 5.35. The van der Waals surface area contributed by atoms with E-state index >= 15 is 0 Å². The maximum Gasteiger partial charge on any atom is 0.323 e. The molecule has 0 aliphatic heterocycles. The number of amides is 1. The minimum Gasteiger partial charge on any atom is -0.345 e. The van der Waals surface area contributed by atoms with Crippen LogP contribution in [0, 0.1) is 6.92 Å². The van der Waals surface area contributed by atoms with Crippen molar-refractivity contribution in [2.75, 3.05) is 0 Å². The van der Waals surface area contributed by atoms with Crippen LogP contribution in [-0.2, 0) is 0 Å². The number of hydrogen-bond acceptors (Lipinski definition) is 3. The average molecular weight is 353 g/mol. The van der Waals surface area contributed by atoms with Crippen LogP contribution in [0.15, 0.2) is 29.2 Å². The molecule has 2 aromatic heterocycles. The fourth-order valence-electron chi connectivity index (χ4n) is 3.84. The average Bonchev–Trinajstić information content (AvgIpc) is 3.32. The predicted molar refractivity (Wildman–Crippen MR) is 99.3 cm³/mol. The number of carbonyl (C=O) groups excluding carboxylic acids is 1. The number of hydrogen-bond donors (Lipinski definition) is 3. The lowest BCUT2D eigenvalue weighted by atomic mass is 10.1. The Morgan fingerprint density at radius 2 is 2.00 bits per heavy atom. The van der Waals surface area contributed by atoms with Crippen molar-refractivity contribution in [1.29, 1.82) is 0 Å². The van der Waals surface area contributed by atoms with Gasteiger partial charge in [-0.2, -0.15) is 5.10 Å². The summed E-state index contributed by atoms with van der Waals surface area (Å²) in [5.74, 6) is -0.123. The molecular weight excluding hydrogens is 330 g/mol. The molecule has 0 spiro atoms. The Balaban J connectivity index is 1.52. The van der Waals surface area contributed by atoms with Crippen LogP contribution in [0.3, 0.4) is 0 Å². The van der Waals surface area contributed by atoms with Gasteiger partial charge in [0, 0.05) is 5.69 Å². The smallest absolute Gasteiger partial charge is 0.323 e. The zero-order valence-corrected chi connectivity index (χ0v) is 15.0. The molecule has 1 unspecified atom stereocenters. The Morgan fingerprint density at radius 3 is 2.77 bits per heavy atom. The van der Waals surface area contributed by atoms with Gasteiger partial charge in [0.25, 0.3) is 5.91 Å². The summed E-state index contributed by atoms with van der Waals surface area (Å²) in [4.78, 5) is 29.6. The topological polar surface area (TPSA) is 95.6 Å². The molecule has 2 heterocycles. The standard InChI is InChI=1S/C19H23N5O2/c1-11(13-7-8-16-17(9-13)23-19(26)22-16)21-18(25)15-10-20-24(12(15)2)14-5-3-4-6-14/h7-11,14H,3-6H2,1-2H3,(H,21,25)(H2,22,23,26). The molecule has 136 valence electrons. The van der Waals surface area contributed by atoms with Crippen LogP contribution in [0.2, 0.25) is 0 Å². The predicted octanol–water partition coefficient (Wildman–Crippen LogP) is 2.97. The molecular formula is C19H23N5O2. The number of carbonyl (C=O) groups is 1. The minimum absolute atomic E-state index is 0.123. The molecule has 1 aromatic carbocycles. The lowest BCUT2D eigenvalue weighted by molar-refractivity contribution is 0.0939. The van der Waals surface area contributed by atoms with Crippen molar-refractivity contribution >= 4 is 16.9 Å². The van der Waals surface area contributed by atoms with E-state index in [9.17, 15) is 9.59 Å². The van der Waals surface area contributed by atoms with Crippen molar-refractivity contribution in [3.63, 3.8) is 0 Å². The van der Waals surface area contributed by atoms with Gasteiger partial charge in [-0.15, -0.1) is 0 Å². The number of imidazole rings is 1. The van der Waals surface area contributed by atoms with Gasteiger partial charge in [0.1, 0.15) is 0 Å². The first-order valence-electron chi connectivity index (χ1n) is 9.10. The van der Waals surface area contributed by atoms with Crippen LogP contribution >= 0.6 is 0 Å². The van der Waals surface area contributed by atoms with Gasteiger partial charge < -0.3 is 15.3 Å². The number of nitrogens with zero attached hydrogens (tertiary/aromatic N) is 2. The molecule has 1 aliphatic rings. The maximum atomic E-state index is 12.7. The van der Waals surface area contributed by atoms with Crippen molar-refractivity contribution < 1.29 is 4.79 Å². The van der Waals surface area contributed by atoms with E-state index in [1.54, 1.807) is 6.20 Å². The van der Waals surface area contributed by atoms with Crippen LogP contribution in [0.25, 0.3) is 11.0 Å². The lowest BCUT2D eigenvalue weighted by Gasteiger charge is -2.15. The molecule has 26 heavy (non-hydrogen) atoms. The van der Waals surface area contributed by atoms with Crippen molar-refractivity contribution in [1.82, 2.24) is 25.1 Å². The monoisotopic (exact) mass is 353 g/mol. The summed E-state index contributed by atoms with van der Waals surface area (Å²) in [6.07, 6.45) is 6.39. The van der Waals surface area contributed by atoms with Crippen molar-refractivity contribution in [3.8, 4) is 0 Å². The second kappa shape index (κ2) is 6.48. The maximum absolute atomic E-state index is 12.7. The van der Waals surface area contributed by atoms with Gasteiger partial charge in [-0.1, -0.05) is 18.9 Å².